The standard InChI is InChI=1S/C13H20N2O3/c1-4-5-6-10(2)14-12-8-7-11(15(16)17)9-13(12)18-3/h7-10,14H,4-6H2,1-3H3. The van der Waals surface area contributed by atoms with Crippen LogP contribution in [0.2, 0.25) is 0 Å². The molecule has 5 nitrogen and oxygen atoms in total. The zero-order valence-electron chi connectivity index (χ0n) is 11.1. The first-order chi connectivity index (χ1) is 8.58. The third kappa shape index (κ3) is 3.91. The van der Waals surface area contributed by atoms with E-state index in [-0.39, 0.29) is 5.69 Å². The molecule has 0 amide bonds. The number of methoxy groups -OCH3 is 1. The fourth-order valence-corrected chi connectivity index (χ4v) is 1.76. The topological polar surface area (TPSA) is 64.4 Å². The van der Waals surface area contributed by atoms with Crippen LogP contribution in [0.5, 0.6) is 5.75 Å². The molecular formula is C13H20N2O3. The Morgan fingerprint density at radius 2 is 2.22 bits per heavy atom. The SMILES string of the molecule is CCCCC(C)Nc1ccc([N+](=O)[O-])cc1OC. The highest BCUT2D eigenvalue weighted by Gasteiger charge is 2.12. The number of hydrogen-bond donors (Lipinski definition) is 1. The van der Waals surface area contributed by atoms with E-state index in [9.17, 15) is 10.1 Å². The Bertz CT molecular complexity index is 407. The van der Waals surface area contributed by atoms with E-state index in [2.05, 4.69) is 19.2 Å². The summed E-state index contributed by atoms with van der Waals surface area (Å²) in [6.45, 7) is 4.25. The van der Waals surface area contributed by atoms with E-state index in [1.54, 1.807) is 6.07 Å². The van der Waals surface area contributed by atoms with Gasteiger partial charge in [0, 0.05) is 12.1 Å². The van der Waals surface area contributed by atoms with Gasteiger partial charge in [-0.1, -0.05) is 19.8 Å². The highest BCUT2D eigenvalue weighted by molar-refractivity contribution is 5.61. The molecule has 0 aromatic heterocycles. The summed E-state index contributed by atoms with van der Waals surface area (Å²) in [5.41, 5.74) is 0.838. The lowest BCUT2D eigenvalue weighted by Gasteiger charge is -2.17. The van der Waals surface area contributed by atoms with Crippen LogP contribution in [0.1, 0.15) is 33.1 Å². The largest absolute Gasteiger partial charge is 0.494 e. The second-order valence-electron chi connectivity index (χ2n) is 4.33. The van der Waals surface area contributed by atoms with E-state index >= 15 is 0 Å². The molecule has 0 aliphatic heterocycles. The van der Waals surface area contributed by atoms with E-state index in [1.165, 1.54) is 19.2 Å². The predicted octanol–water partition coefficient (Wildman–Crippen LogP) is 3.59. The number of rotatable bonds is 7. The van der Waals surface area contributed by atoms with Gasteiger partial charge in [-0.3, -0.25) is 10.1 Å². The summed E-state index contributed by atoms with van der Waals surface area (Å²) in [6.07, 6.45) is 3.38. The van der Waals surface area contributed by atoms with Gasteiger partial charge in [0.2, 0.25) is 0 Å². The van der Waals surface area contributed by atoms with Crippen LogP contribution in [0.15, 0.2) is 18.2 Å². The van der Waals surface area contributed by atoms with Gasteiger partial charge >= 0.3 is 0 Å². The third-order valence-electron chi connectivity index (χ3n) is 2.79. The number of nitrogens with zero attached hydrogens (tertiary/aromatic N) is 1. The van der Waals surface area contributed by atoms with Gasteiger partial charge in [-0.25, -0.2) is 0 Å². The van der Waals surface area contributed by atoms with Crippen molar-refractivity contribution in [3.63, 3.8) is 0 Å². The van der Waals surface area contributed by atoms with Gasteiger partial charge in [-0.2, -0.15) is 0 Å². The molecule has 0 saturated carbocycles. The van der Waals surface area contributed by atoms with E-state index in [0.29, 0.717) is 11.8 Å². The fraction of sp³-hybridized carbons (Fsp3) is 0.538. The highest BCUT2D eigenvalue weighted by Crippen LogP contribution is 2.29. The summed E-state index contributed by atoms with van der Waals surface area (Å²) in [4.78, 5) is 10.2. The van der Waals surface area contributed by atoms with E-state index in [4.69, 9.17) is 4.74 Å². The zero-order valence-corrected chi connectivity index (χ0v) is 11.1. The van der Waals surface area contributed by atoms with E-state index < -0.39 is 4.92 Å². The predicted molar refractivity (Wildman–Crippen MR) is 72.3 cm³/mol. The molecule has 0 saturated heterocycles. The molecule has 0 aliphatic rings. The summed E-state index contributed by atoms with van der Waals surface area (Å²) < 4.78 is 5.17. The molecule has 0 fully saturated rings. The minimum absolute atomic E-state index is 0.0404. The van der Waals surface area contributed by atoms with Gasteiger partial charge in [0.25, 0.3) is 5.69 Å². The molecule has 100 valence electrons. The Labute approximate surface area is 107 Å². The third-order valence-corrected chi connectivity index (χ3v) is 2.79. The van der Waals surface area contributed by atoms with Crippen molar-refractivity contribution in [2.24, 2.45) is 0 Å². The van der Waals surface area contributed by atoms with Crippen LogP contribution >= 0.6 is 0 Å². The van der Waals surface area contributed by atoms with Gasteiger partial charge in [0.1, 0.15) is 5.75 Å². The molecule has 5 heteroatoms. The summed E-state index contributed by atoms with van der Waals surface area (Å²) in [5, 5.41) is 14.0. The first-order valence-electron chi connectivity index (χ1n) is 6.17. The maximum atomic E-state index is 10.7. The van der Waals surface area contributed by atoms with Crippen molar-refractivity contribution in [2.45, 2.75) is 39.2 Å². The molecule has 1 aromatic rings. The van der Waals surface area contributed by atoms with Crippen molar-refractivity contribution in [1.29, 1.82) is 0 Å². The molecule has 0 spiro atoms. The Hall–Kier alpha value is -1.78. The number of nitro benzene ring substituents is 1. The van der Waals surface area contributed by atoms with E-state index in [1.807, 2.05) is 0 Å². The summed E-state index contributed by atoms with van der Waals surface area (Å²) in [5.74, 6) is 0.507. The van der Waals surface area contributed by atoms with Crippen LogP contribution in [0, 0.1) is 10.1 Å². The second kappa shape index (κ2) is 6.83. The van der Waals surface area contributed by atoms with Gasteiger partial charge in [-0.05, 0) is 19.4 Å². The smallest absolute Gasteiger partial charge is 0.273 e. The number of hydrogen-bond acceptors (Lipinski definition) is 4. The van der Waals surface area contributed by atoms with Crippen molar-refractivity contribution in [2.75, 3.05) is 12.4 Å². The monoisotopic (exact) mass is 252 g/mol. The average Bonchev–Trinajstić information content (AvgIpc) is 2.36. The Kier molecular flexibility index (Phi) is 5.42. The van der Waals surface area contributed by atoms with Crippen LogP contribution in [0.3, 0.4) is 0 Å². The Morgan fingerprint density at radius 3 is 2.78 bits per heavy atom. The van der Waals surface area contributed by atoms with Gasteiger partial charge in [0.05, 0.1) is 23.8 Å². The number of anilines is 1. The molecule has 0 aliphatic carbocycles. The maximum absolute atomic E-state index is 10.7. The molecule has 0 radical (unpaired) electrons. The van der Waals surface area contributed by atoms with Gasteiger partial charge in [0.15, 0.2) is 0 Å². The molecule has 0 heterocycles. The number of nitrogens with one attached hydrogen (secondary N) is 1. The number of unbranched alkanes of at least 4 members (excludes halogenated alkanes) is 1. The van der Waals surface area contributed by atoms with Gasteiger partial charge in [-0.15, -0.1) is 0 Å². The molecule has 1 atom stereocenters. The van der Waals surface area contributed by atoms with Crippen LogP contribution < -0.4 is 10.1 Å². The molecular weight excluding hydrogens is 232 g/mol. The second-order valence-corrected chi connectivity index (χ2v) is 4.33. The molecule has 1 rings (SSSR count). The van der Waals surface area contributed by atoms with Crippen molar-refractivity contribution in [3.8, 4) is 5.75 Å². The van der Waals surface area contributed by atoms with Crippen LogP contribution in [0.4, 0.5) is 11.4 Å². The molecule has 1 N–H and O–H groups in total. The minimum atomic E-state index is -0.424. The fourth-order valence-electron chi connectivity index (χ4n) is 1.76. The lowest BCUT2D eigenvalue weighted by molar-refractivity contribution is -0.384. The molecule has 1 unspecified atom stereocenters. The van der Waals surface area contributed by atoms with Crippen molar-refractivity contribution < 1.29 is 9.66 Å². The Morgan fingerprint density at radius 1 is 1.50 bits per heavy atom. The van der Waals surface area contributed by atoms with Crippen molar-refractivity contribution >= 4 is 11.4 Å². The number of benzene rings is 1. The minimum Gasteiger partial charge on any atom is -0.494 e. The van der Waals surface area contributed by atoms with E-state index in [0.717, 1.165) is 24.9 Å². The van der Waals surface area contributed by atoms with Crippen LogP contribution in [-0.4, -0.2) is 18.1 Å². The maximum Gasteiger partial charge on any atom is 0.273 e. The quantitative estimate of drug-likeness (QED) is 0.595. The number of nitro groups is 1. The number of ether oxygens (including phenoxy) is 1. The van der Waals surface area contributed by atoms with Crippen LogP contribution in [0.25, 0.3) is 0 Å². The van der Waals surface area contributed by atoms with Crippen molar-refractivity contribution in [3.05, 3.63) is 28.3 Å². The first kappa shape index (κ1) is 14.3. The highest BCUT2D eigenvalue weighted by atomic mass is 16.6. The lowest BCUT2D eigenvalue weighted by atomic mass is 10.1. The number of non-ortho nitro benzene ring substituents is 1. The molecule has 1 aromatic carbocycles. The summed E-state index contributed by atoms with van der Waals surface area (Å²) in [6, 6.07) is 4.94. The summed E-state index contributed by atoms with van der Waals surface area (Å²) >= 11 is 0. The van der Waals surface area contributed by atoms with Gasteiger partial charge < -0.3 is 10.1 Å². The lowest BCUT2D eigenvalue weighted by Crippen LogP contribution is -2.15. The average molecular weight is 252 g/mol. The Balaban J connectivity index is 2.79. The van der Waals surface area contributed by atoms with Crippen molar-refractivity contribution in [1.82, 2.24) is 0 Å². The zero-order chi connectivity index (χ0) is 13.5. The molecule has 18 heavy (non-hydrogen) atoms. The molecule has 0 bridgehead atoms. The summed E-state index contributed by atoms with van der Waals surface area (Å²) in [7, 11) is 1.51. The van der Waals surface area contributed by atoms with Crippen LogP contribution in [-0.2, 0) is 0 Å². The normalized spacial score (nSPS) is 11.9. The first-order valence-corrected chi connectivity index (χ1v) is 6.17.